The standard InChI is InChI=1S/C18H17FN2O/c1-12(2)9-18(22)13-3-8-17-14(10-13)11-20-21(17)16-6-4-15(19)5-7-16/h3-8,10-12H,9H2,1-2H3. The van der Waals surface area contributed by atoms with Gasteiger partial charge in [0.15, 0.2) is 5.78 Å². The molecule has 0 bridgehead atoms. The smallest absolute Gasteiger partial charge is 0.163 e. The second kappa shape index (κ2) is 5.72. The first-order chi connectivity index (χ1) is 10.5. The van der Waals surface area contributed by atoms with Crippen molar-refractivity contribution in [1.29, 1.82) is 0 Å². The minimum atomic E-state index is -0.276. The number of benzene rings is 2. The SMILES string of the molecule is CC(C)CC(=O)c1ccc2c(cnn2-c2ccc(F)cc2)c1. The van der Waals surface area contributed by atoms with Crippen molar-refractivity contribution >= 4 is 16.7 Å². The van der Waals surface area contributed by atoms with Gasteiger partial charge in [-0.2, -0.15) is 5.10 Å². The zero-order valence-electron chi connectivity index (χ0n) is 12.6. The van der Waals surface area contributed by atoms with Crippen molar-refractivity contribution in [2.45, 2.75) is 20.3 Å². The number of rotatable bonds is 4. The van der Waals surface area contributed by atoms with Crippen molar-refractivity contribution in [2.24, 2.45) is 5.92 Å². The highest BCUT2D eigenvalue weighted by molar-refractivity contribution is 5.99. The maximum atomic E-state index is 13.0. The van der Waals surface area contributed by atoms with Gasteiger partial charge in [0.05, 0.1) is 17.4 Å². The summed E-state index contributed by atoms with van der Waals surface area (Å²) in [5.74, 6) is 0.207. The minimum absolute atomic E-state index is 0.145. The fourth-order valence-corrected chi connectivity index (χ4v) is 2.48. The molecule has 0 atom stereocenters. The van der Waals surface area contributed by atoms with Crippen molar-refractivity contribution in [3.8, 4) is 5.69 Å². The number of ketones is 1. The zero-order chi connectivity index (χ0) is 15.7. The Balaban J connectivity index is 1.99. The lowest BCUT2D eigenvalue weighted by molar-refractivity contribution is 0.0968. The third kappa shape index (κ3) is 2.77. The van der Waals surface area contributed by atoms with E-state index in [0.717, 1.165) is 16.6 Å². The van der Waals surface area contributed by atoms with Gasteiger partial charge in [0, 0.05) is 17.4 Å². The summed E-state index contributed by atoms with van der Waals surface area (Å²) < 4.78 is 14.8. The van der Waals surface area contributed by atoms with E-state index in [9.17, 15) is 9.18 Å². The molecule has 3 aromatic rings. The third-order valence-corrected chi connectivity index (χ3v) is 3.55. The first-order valence-electron chi connectivity index (χ1n) is 7.31. The number of aromatic nitrogens is 2. The van der Waals surface area contributed by atoms with Gasteiger partial charge >= 0.3 is 0 Å². The number of Topliss-reactive ketones (excluding diaryl/α,β-unsaturated/α-hetero) is 1. The molecule has 0 N–H and O–H groups in total. The van der Waals surface area contributed by atoms with E-state index in [4.69, 9.17) is 0 Å². The highest BCUT2D eigenvalue weighted by Crippen LogP contribution is 2.21. The molecule has 0 spiro atoms. The van der Waals surface area contributed by atoms with Crippen LogP contribution in [0.5, 0.6) is 0 Å². The van der Waals surface area contributed by atoms with Crippen LogP contribution in [-0.4, -0.2) is 15.6 Å². The lowest BCUT2D eigenvalue weighted by Crippen LogP contribution is -2.03. The Kier molecular flexibility index (Phi) is 3.75. The monoisotopic (exact) mass is 296 g/mol. The van der Waals surface area contributed by atoms with E-state index in [1.54, 1.807) is 23.0 Å². The molecule has 1 aromatic heterocycles. The Morgan fingerprint density at radius 2 is 1.91 bits per heavy atom. The summed E-state index contributed by atoms with van der Waals surface area (Å²) in [6.07, 6.45) is 2.27. The fourth-order valence-electron chi connectivity index (χ4n) is 2.48. The number of fused-ring (bicyclic) bond motifs is 1. The molecule has 0 amide bonds. The third-order valence-electron chi connectivity index (χ3n) is 3.55. The lowest BCUT2D eigenvalue weighted by Gasteiger charge is -2.06. The predicted octanol–water partition coefficient (Wildman–Crippen LogP) is 4.39. The van der Waals surface area contributed by atoms with Crippen molar-refractivity contribution < 1.29 is 9.18 Å². The van der Waals surface area contributed by atoms with Gasteiger partial charge in [-0.3, -0.25) is 4.79 Å². The van der Waals surface area contributed by atoms with E-state index in [1.807, 2.05) is 32.0 Å². The van der Waals surface area contributed by atoms with Crippen LogP contribution in [0, 0.1) is 11.7 Å². The van der Waals surface area contributed by atoms with Gasteiger partial charge < -0.3 is 0 Å². The first kappa shape index (κ1) is 14.4. The number of hydrogen-bond donors (Lipinski definition) is 0. The molecule has 3 nitrogen and oxygen atoms in total. The Labute approximate surface area is 128 Å². The van der Waals surface area contributed by atoms with Gasteiger partial charge in [-0.1, -0.05) is 13.8 Å². The predicted molar refractivity (Wildman–Crippen MR) is 84.8 cm³/mol. The largest absolute Gasteiger partial charge is 0.294 e. The van der Waals surface area contributed by atoms with Crippen LogP contribution in [0.2, 0.25) is 0 Å². The van der Waals surface area contributed by atoms with Crippen LogP contribution in [0.15, 0.2) is 48.7 Å². The molecule has 0 saturated carbocycles. The van der Waals surface area contributed by atoms with Crippen LogP contribution in [0.3, 0.4) is 0 Å². The maximum absolute atomic E-state index is 13.0. The summed E-state index contributed by atoms with van der Waals surface area (Å²) in [4.78, 5) is 12.1. The van der Waals surface area contributed by atoms with Crippen molar-refractivity contribution in [3.63, 3.8) is 0 Å². The van der Waals surface area contributed by atoms with E-state index in [1.165, 1.54) is 12.1 Å². The lowest BCUT2D eigenvalue weighted by atomic mass is 10.0. The van der Waals surface area contributed by atoms with E-state index in [0.29, 0.717) is 17.9 Å². The molecule has 2 aromatic carbocycles. The number of carbonyl (C=O) groups excluding carboxylic acids is 1. The van der Waals surface area contributed by atoms with Gasteiger partial charge in [0.25, 0.3) is 0 Å². The molecule has 0 aliphatic heterocycles. The van der Waals surface area contributed by atoms with Crippen LogP contribution in [-0.2, 0) is 0 Å². The second-order valence-corrected chi connectivity index (χ2v) is 5.83. The number of halogens is 1. The highest BCUT2D eigenvalue weighted by atomic mass is 19.1. The summed E-state index contributed by atoms with van der Waals surface area (Å²) in [7, 11) is 0. The molecule has 0 aliphatic carbocycles. The van der Waals surface area contributed by atoms with E-state index >= 15 is 0 Å². The van der Waals surface area contributed by atoms with Crippen LogP contribution < -0.4 is 0 Å². The first-order valence-corrected chi connectivity index (χ1v) is 7.31. The topological polar surface area (TPSA) is 34.9 Å². The van der Waals surface area contributed by atoms with E-state index in [-0.39, 0.29) is 11.6 Å². The maximum Gasteiger partial charge on any atom is 0.163 e. The molecule has 3 rings (SSSR count). The normalized spacial score (nSPS) is 11.3. The molecule has 1 heterocycles. The molecular weight excluding hydrogens is 279 g/mol. The van der Waals surface area contributed by atoms with Crippen molar-refractivity contribution in [2.75, 3.05) is 0 Å². The Morgan fingerprint density at radius 3 is 2.59 bits per heavy atom. The van der Waals surface area contributed by atoms with E-state index in [2.05, 4.69) is 5.10 Å². The molecule has 112 valence electrons. The molecule has 0 saturated heterocycles. The molecule has 0 unspecified atom stereocenters. The summed E-state index contributed by atoms with van der Waals surface area (Å²) in [5.41, 5.74) is 2.39. The quantitative estimate of drug-likeness (QED) is 0.669. The molecule has 0 aliphatic rings. The Morgan fingerprint density at radius 1 is 1.18 bits per heavy atom. The molecular formula is C18H17FN2O. The molecule has 22 heavy (non-hydrogen) atoms. The summed E-state index contributed by atoms with van der Waals surface area (Å²) in [6.45, 7) is 4.06. The highest BCUT2D eigenvalue weighted by Gasteiger charge is 2.11. The Hall–Kier alpha value is -2.49. The van der Waals surface area contributed by atoms with Crippen LogP contribution in [0.1, 0.15) is 30.6 Å². The fraction of sp³-hybridized carbons (Fsp3) is 0.222. The molecule has 4 heteroatoms. The van der Waals surface area contributed by atoms with Crippen molar-refractivity contribution in [3.05, 3.63) is 60.0 Å². The molecule has 0 fully saturated rings. The summed E-state index contributed by atoms with van der Waals surface area (Å²) >= 11 is 0. The Bertz CT molecular complexity index is 819. The second-order valence-electron chi connectivity index (χ2n) is 5.83. The van der Waals surface area contributed by atoms with Gasteiger partial charge in [0.1, 0.15) is 5.82 Å². The average Bonchev–Trinajstić information content (AvgIpc) is 2.90. The number of carbonyl (C=O) groups is 1. The average molecular weight is 296 g/mol. The van der Waals surface area contributed by atoms with Crippen LogP contribution in [0.4, 0.5) is 4.39 Å². The number of hydrogen-bond acceptors (Lipinski definition) is 2. The summed E-state index contributed by atoms with van der Waals surface area (Å²) in [6, 6.07) is 11.8. The van der Waals surface area contributed by atoms with Crippen LogP contribution >= 0.6 is 0 Å². The number of nitrogens with zero attached hydrogens (tertiary/aromatic N) is 2. The van der Waals surface area contributed by atoms with Gasteiger partial charge in [-0.15, -0.1) is 0 Å². The van der Waals surface area contributed by atoms with Gasteiger partial charge in [-0.25, -0.2) is 9.07 Å². The molecule has 0 radical (unpaired) electrons. The van der Waals surface area contributed by atoms with Gasteiger partial charge in [0.2, 0.25) is 0 Å². The van der Waals surface area contributed by atoms with Gasteiger partial charge in [-0.05, 0) is 48.4 Å². The minimum Gasteiger partial charge on any atom is -0.294 e. The van der Waals surface area contributed by atoms with Crippen LogP contribution in [0.25, 0.3) is 16.6 Å². The van der Waals surface area contributed by atoms with E-state index < -0.39 is 0 Å². The van der Waals surface area contributed by atoms with Crippen molar-refractivity contribution in [1.82, 2.24) is 9.78 Å². The zero-order valence-corrected chi connectivity index (χ0v) is 12.6. The summed E-state index contributed by atoms with van der Waals surface area (Å²) in [5, 5.41) is 5.24.